The Balaban J connectivity index is 1.47. The molecule has 3 aliphatic rings. The molecule has 10 heteroatoms. The molecule has 3 aliphatic carbocycles. The van der Waals surface area contributed by atoms with Crippen LogP contribution < -0.4 is 15.4 Å². The first-order chi connectivity index (χ1) is 18.3. The minimum Gasteiger partial charge on any atom is -0.494 e. The van der Waals surface area contributed by atoms with Gasteiger partial charge in [-0.25, -0.2) is 4.79 Å². The lowest BCUT2D eigenvalue weighted by molar-refractivity contribution is -0.138. The second kappa shape index (κ2) is 11.7. The zero-order valence-electron chi connectivity index (χ0n) is 22.0. The van der Waals surface area contributed by atoms with Crippen LogP contribution >= 0.6 is 11.6 Å². The van der Waals surface area contributed by atoms with Crippen LogP contribution in [0.25, 0.3) is 0 Å². The van der Waals surface area contributed by atoms with Gasteiger partial charge in [-0.15, -0.1) is 0 Å². The number of benzene rings is 2. The zero-order valence-corrected chi connectivity index (χ0v) is 22.7. The molecular formula is C29H34ClF3N2O4. The van der Waals surface area contributed by atoms with E-state index in [1.807, 2.05) is 12.1 Å². The Labute approximate surface area is 231 Å². The van der Waals surface area contributed by atoms with Gasteiger partial charge in [0.05, 0.1) is 23.2 Å². The van der Waals surface area contributed by atoms with Gasteiger partial charge in [0.1, 0.15) is 5.75 Å². The molecule has 2 bridgehead atoms. The van der Waals surface area contributed by atoms with Crippen molar-refractivity contribution in [3.63, 3.8) is 0 Å². The van der Waals surface area contributed by atoms with Crippen LogP contribution in [0.1, 0.15) is 69.5 Å². The van der Waals surface area contributed by atoms with Gasteiger partial charge >= 0.3 is 18.2 Å². The number of amides is 2. The number of rotatable bonds is 10. The summed E-state index contributed by atoms with van der Waals surface area (Å²) in [6.07, 6.45) is -0.0957. The van der Waals surface area contributed by atoms with Crippen molar-refractivity contribution in [2.45, 2.75) is 64.6 Å². The fraction of sp³-hybridized carbons (Fsp3) is 0.517. The number of fused-ring (bicyclic) bond motifs is 2. The topological polar surface area (TPSA) is 87.7 Å². The maximum absolute atomic E-state index is 13.3. The van der Waals surface area contributed by atoms with Gasteiger partial charge in [-0.2, -0.15) is 13.2 Å². The molecule has 0 heterocycles. The minimum absolute atomic E-state index is 0.00582. The third-order valence-electron chi connectivity index (χ3n) is 8.46. The van der Waals surface area contributed by atoms with Crippen molar-refractivity contribution in [1.29, 1.82) is 0 Å². The quantitative estimate of drug-likeness (QED) is 0.255. The number of urea groups is 1. The van der Waals surface area contributed by atoms with Crippen molar-refractivity contribution < 1.29 is 32.6 Å². The molecule has 3 saturated carbocycles. The number of hydrogen-bond acceptors (Lipinski definition) is 3. The number of nitrogens with one attached hydrogen (secondary N) is 2. The van der Waals surface area contributed by atoms with Gasteiger partial charge < -0.3 is 20.5 Å². The Hall–Kier alpha value is -2.94. The molecule has 212 valence electrons. The van der Waals surface area contributed by atoms with E-state index in [0.717, 1.165) is 36.5 Å². The van der Waals surface area contributed by atoms with E-state index >= 15 is 0 Å². The molecule has 0 saturated heterocycles. The first-order valence-electron chi connectivity index (χ1n) is 13.2. The van der Waals surface area contributed by atoms with Crippen LogP contribution in [0.2, 0.25) is 5.02 Å². The summed E-state index contributed by atoms with van der Waals surface area (Å²) >= 11 is 5.71. The number of carbonyl (C=O) groups excluding carboxylic acids is 1. The monoisotopic (exact) mass is 566 g/mol. The lowest BCUT2D eigenvalue weighted by Gasteiger charge is -2.60. The third kappa shape index (κ3) is 6.99. The molecule has 3 N–H and O–H groups in total. The van der Waals surface area contributed by atoms with Crippen LogP contribution in [0.5, 0.6) is 5.75 Å². The molecule has 0 spiro atoms. The fourth-order valence-electron chi connectivity index (χ4n) is 6.18. The second-order valence-corrected chi connectivity index (χ2v) is 11.6. The van der Waals surface area contributed by atoms with Crippen molar-refractivity contribution >= 4 is 29.3 Å². The highest BCUT2D eigenvalue weighted by molar-refractivity contribution is 6.31. The number of carboxylic acids is 1. The summed E-state index contributed by atoms with van der Waals surface area (Å²) < 4.78 is 45.5. The molecule has 4 unspecified atom stereocenters. The van der Waals surface area contributed by atoms with Crippen LogP contribution in [0.4, 0.5) is 23.7 Å². The molecule has 2 amide bonds. The van der Waals surface area contributed by atoms with Crippen LogP contribution in [-0.2, 0) is 11.0 Å². The van der Waals surface area contributed by atoms with E-state index in [0.29, 0.717) is 30.4 Å². The number of hydrogen-bond donors (Lipinski definition) is 3. The summed E-state index contributed by atoms with van der Waals surface area (Å²) in [4.78, 5) is 23.7. The fourth-order valence-corrected chi connectivity index (χ4v) is 6.41. The standard InChI is InChI=1S/C29H34ClF3N2O4/c1-28(2)19-8-5-18(22(28)15-19)14-25(17-6-10-21(11-7-17)39-13-3-4-26(36)37)35-27(38)34-20-9-12-24(30)23(16-20)29(31,32)33/h6-7,9-12,16,18-19,22,25H,3-5,8,13-15H2,1-2H3,(H,36,37)(H2,34,35,38). The van der Waals surface area contributed by atoms with Gasteiger partial charge in [-0.1, -0.05) is 37.6 Å². The summed E-state index contributed by atoms with van der Waals surface area (Å²) in [5.74, 6) is 1.42. The molecule has 4 atom stereocenters. The maximum atomic E-state index is 13.3. The molecule has 39 heavy (non-hydrogen) atoms. The number of carbonyl (C=O) groups is 2. The van der Waals surface area contributed by atoms with E-state index in [1.54, 1.807) is 12.1 Å². The SMILES string of the molecule is CC1(C)C2CCC(CC(NC(=O)Nc3ccc(Cl)c(C(F)(F)F)c3)c3ccc(OCCCC(=O)O)cc3)C1C2. The van der Waals surface area contributed by atoms with E-state index < -0.39 is 28.8 Å². The Bertz CT molecular complexity index is 1180. The number of alkyl halides is 3. The largest absolute Gasteiger partial charge is 0.494 e. The maximum Gasteiger partial charge on any atom is 0.417 e. The van der Waals surface area contributed by atoms with E-state index in [1.165, 1.54) is 12.5 Å². The van der Waals surface area contributed by atoms with Gasteiger partial charge in [0.25, 0.3) is 0 Å². The summed E-state index contributed by atoms with van der Waals surface area (Å²) in [6, 6.07) is 9.59. The first-order valence-corrected chi connectivity index (χ1v) is 13.6. The van der Waals surface area contributed by atoms with Crippen molar-refractivity contribution in [2.24, 2.45) is 23.2 Å². The molecule has 6 nitrogen and oxygen atoms in total. The Morgan fingerprint density at radius 1 is 1.15 bits per heavy atom. The molecule has 2 aromatic rings. The normalized spacial score (nSPS) is 22.4. The molecule has 3 fully saturated rings. The highest BCUT2D eigenvalue weighted by Crippen LogP contribution is 2.62. The minimum atomic E-state index is -4.64. The summed E-state index contributed by atoms with van der Waals surface area (Å²) in [6.45, 7) is 4.89. The van der Waals surface area contributed by atoms with Gasteiger partial charge in [-0.3, -0.25) is 4.79 Å². The third-order valence-corrected chi connectivity index (χ3v) is 8.79. The zero-order chi connectivity index (χ0) is 28.4. The van der Waals surface area contributed by atoms with E-state index in [-0.39, 0.29) is 30.2 Å². The van der Waals surface area contributed by atoms with E-state index in [2.05, 4.69) is 24.5 Å². The molecule has 0 aromatic heterocycles. The lowest BCUT2D eigenvalue weighted by Crippen LogP contribution is -2.53. The molecule has 2 aromatic carbocycles. The number of carboxylic acid groups (broad SMARTS) is 1. The van der Waals surface area contributed by atoms with Gasteiger partial charge in [-0.05, 0) is 91.2 Å². The predicted molar refractivity (Wildman–Crippen MR) is 143 cm³/mol. The number of halogens is 4. The Morgan fingerprint density at radius 3 is 2.49 bits per heavy atom. The van der Waals surface area contributed by atoms with Crippen LogP contribution in [0.3, 0.4) is 0 Å². The first kappa shape index (κ1) is 29.1. The van der Waals surface area contributed by atoms with Gasteiger partial charge in [0.15, 0.2) is 0 Å². The van der Waals surface area contributed by atoms with E-state index in [4.69, 9.17) is 21.4 Å². The average Bonchev–Trinajstić information content (AvgIpc) is 2.87. The molecule has 5 rings (SSSR count). The summed E-state index contributed by atoms with van der Waals surface area (Å²) in [7, 11) is 0. The van der Waals surface area contributed by atoms with Crippen molar-refractivity contribution in [2.75, 3.05) is 11.9 Å². The number of ether oxygens (including phenoxy) is 1. The molecule has 0 radical (unpaired) electrons. The Morgan fingerprint density at radius 2 is 1.87 bits per heavy atom. The lowest BCUT2D eigenvalue weighted by atomic mass is 9.45. The van der Waals surface area contributed by atoms with Crippen molar-refractivity contribution in [3.05, 3.63) is 58.6 Å². The number of aliphatic carboxylic acids is 1. The second-order valence-electron chi connectivity index (χ2n) is 11.2. The van der Waals surface area contributed by atoms with Crippen LogP contribution in [0, 0.1) is 23.2 Å². The highest BCUT2D eigenvalue weighted by atomic mass is 35.5. The van der Waals surface area contributed by atoms with Crippen molar-refractivity contribution in [1.82, 2.24) is 5.32 Å². The molecule has 0 aliphatic heterocycles. The summed E-state index contributed by atoms with van der Waals surface area (Å²) in [5.41, 5.74) is 0.102. The number of anilines is 1. The smallest absolute Gasteiger partial charge is 0.417 e. The Kier molecular flexibility index (Phi) is 8.69. The van der Waals surface area contributed by atoms with E-state index in [9.17, 15) is 22.8 Å². The van der Waals surface area contributed by atoms with Gasteiger partial charge in [0, 0.05) is 12.1 Å². The van der Waals surface area contributed by atoms with Crippen LogP contribution in [0.15, 0.2) is 42.5 Å². The molecular weight excluding hydrogens is 533 g/mol. The summed E-state index contributed by atoms with van der Waals surface area (Å²) in [5, 5.41) is 13.8. The van der Waals surface area contributed by atoms with Crippen LogP contribution in [-0.4, -0.2) is 23.7 Å². The van der Waals surface area contributed by atoms with Crippen molar-refractivity contribution in [3.8, 4) is 5.75 Å². The average molecular weight is 567 g/mol. The predicted octanol–water partition coefficient (Wildman–Crippen LogP) is 7.93. The van der Waals surface area contributed by atoms with Gasteiger partial charge in [0.2, 0.25) is 0 Å². The highest BCUT2D eigenvalue weighted by Gasteiger charge is 2.54.